The monoisotopic (exact) mass is 401 g/mol. The lowest BCUT2D eigenvalue weighted by molar-refractivity contribution is -0.384. The van der Waals surface area contributed by atoms with E-state index in [2.05, 4.69) is 26.2 Å². The minimum Gasteiger partial charge on any atom is -0.496 e. The molecule has 0 aliphatic carbocycles. The van der Waals surface area contributed by atoms with Gasteiger partial charge < -0.3 is 10.1 Å². The van der Waals surface area contributed by atoms with Crippen LogP contribution in [-0.2, 0) is 0 Å². The number of halogens is 1. The molecule has 6 nitrogen and oxygen atoms in total. The third-order valence-electron chi connectivity index (χ3n) is 3.98. The first-order chi connectivity index (χ1) is 12.0. The molecule has 1 aromatic heterocycles. The smallest absolute Gasteiger partial charge is 0.311 e. The molecule has 0 saturated heterocycles. The zero-order valence-corrected chi connectivity index (χ0v) is 15.3. The van der Waals surface area contributed by atoms with Crippen molar-refractivity contribution in [2.75, 3.05) is 12.4 Å². The van der Waals surface area contributed by atoms with E-state index >= 15 is 0 Å². The largest absolute Gasteiger partial charge is 0.496 e. The Morgan fingerprint density at radius 2 is 2.00 bits per heavy atom. The van der Waals surface area contributed by atoms with E-state index in [1.54, 1.807) is 19.2 Å². The zero-order chi connectivity index (χ0) is 18.0. The first kappa shape index (κ1) is 17.2. The number of aromatic nitrogens is 1. The van der Waals surface area contributed by atoms with Gasteiger partial charge in [0.1, 0.15) is 17.6 Å². The van der Waals surface area contributed by atoms with Crippen LogP contribution in [0.4, 0.5) is 11.4 Å². The minimum atomic E-state index is -0.430. The van der Waals surface area contributed by atoms with Gasteiger partial charge in [-0.1, -0.05) is 30.3 Å². The van der Waals surface area contributed by atoms with Crippen molar-refractivity contribution in [2.24, 2.45) is 0 Å². The molecule has 128 valence electrons. The molecule has 0 saturated carbocycles. The minimum absolute atomic E-state index is 0.0698. The fraction of sp³-hybridized carbons (Fsp3) is 0.167. The Balaban J connectivity index is 2.16. The fourth-order valence-electron chi connectivity index (χ4n) is 2.67. The number of pyridine rings is 1. The van der Waals surface area contributed by atoms with E-state index < -0.39 is 4.92 Å². The van der Waals surface area contributed by atoms with E-state index in [-0.39, 0.29) is 11.7 Å². The van der Waals surface area contributed by atoms with Crippen LogP contribution in [0, 0.1) is 10.1 Å². The average Bonchev–Trinajstić information content (AvgIpc) is 2.61. The number of hydrogen-bond acceptors (Lipinski definition) is 5. The molecule has 1 N–H and O–H groups in total. The highest BCUT2D eigenvalue weighted by molar-refractivity contribution is 9.10. The van der Waals surface area contributed by atoms with Crippen LogP contribution < -0.4 is 10.1 Å². The van der Waals surface area contributed by atoms with Crippen molar-refractivity contribution in [1.82, 2.24) is 4.98 Å². The van der Waals surface area contributed by atoms with Crippen LogP contribution in [0.1, 0.15) is 18.5 Å². The summed E-state index contributed by atoms with van der Waals surface area (Å²) in [6.07, 6.45) is 1.28. The second-order valence-corrected chi connectivity index (χ2v) is 6.41. The van der Waals surface area contributed by atoms with Crippen LogP contribution in [0.2, 0.25) is 0 Å². The molecule has 1 unspecified atom stereocenters. The van der Waals surface area contributed by atoms with Gasteiger partial charge in [0.15, 0.2) is 0 Å². The molecular formula is C18H16BrN3O3. The number of rotatable bonds is 5. The summed E-state index contributed by atoms with van der Waals surface area (Å²) in [5, 5.41) is 15.4. The molecular weight excluding hydrogens is 386 g/mol. The third-order valence-corrected chi connectivity index (χ3v) is 4.60. The molecule has 3 aromatic rings. The Morgan fingerprint density at radius 3 is 2.64 bits per heavy atom. The quantitative estimate of drug-likeness (QED) is 0.475. The average molecular weight is 402 g/mol. The summed E-state index contributed by atoms with van der Waals surface area (Å²) in [6, 6.07) is 13.2. The van der Waals surface area contributed by atoms with Gasteiger partial charge in [0.25, 0.3) is 0 Å². The van der Waals surface area contributed by atoms with E-state index in [0.717, 1.165) is 10.0 Å². The SMILES string of the molecule is COc1cc2c(NC(C)c3ccccc3)c([N+](=O)[O-])cnc2cc1Br. The number of hydrogen-bond donors (Lipinski definition) is 1. The number of benzene rings is 2. The van der Waals surface area contributed by atoms with Crippen molar-refractivity contribution in [3.8, 4) is 5.75 Å². The molecule has 0 amide bonds. The van der Waals surface area contributed by atoms with Crippen molar-refractivity contribution in [1.29, 1.82) is 0 Å². The van der Waals surface area contributed by atoms with Gasteiger partial charge in [0, 0.05) is 11.4 Å². The molecule has 0 radical (unpaired) electrons. The molecule has 25 heavy (non-hydrogen) atoms. The highest BCUT2D eigenvalue weighted by Gasteiger charge is 2.21. The van der Waals surface area contributed by atoms with Crippen molar-refractivity contribution in [3.05, 3.63) is 68.8 Å². The van der Waals surface area contributed by atoms with Crippen molar-refractivity contribution in [3.63, 3.8) is 0 Å². The normalized spacial score (nSPS) is 12.0. The number of anilines is 1. The first-order valence-corrected chi connectivity index (χ1v) is 8.42. The standard InChI is InChI=1S/C18H16BrN3O3/c1-11(12-6-4-3-5-7-12)21-18-13-8-17(25-2)14(19)9-15(13)20-10-16(18)22(23)24/h3-11H,1-2H3,(H,20,21). The lowest BCUT2D eigenvalue weighted by Crippen LogP contribution is -2.09. The number of nitrogens with zero attached hydrogens (tertiary/aromatic N) is 2. The molecule has 0 fully saturated rings. The number of nitrogens with one attached hydrogen (secondary N) is 1. The van der Waals surface area contributed by atoms with Gasteiger partial charge in [-0.05, 0) is 40.5 Å². The Labute approximate surface area is 153 Å². The molecule has 0 aliphatic rings. The van der Waals surface area contributed by atoms with E-state index in [4.69, 9.17) is 4.74 Å². The summed E-state index contributed by atoms with van der Waals surface area (Å²) in [7, 11) is 1.55. The van der Waals surface area contributed by atoms with Gasteiger partial charge in [-0.2, -0.15) is 0 Å². The molecule has 0 spiro atoms. The van der Waals surface area contributed by atoms with Crippen LogP contribution in [0.25, 0.3) is 10.9 Å². The molecule has 1 heterocycles. The maximum atomic E-state index is 11.5. The van der Waals surface area contributed by atoms with E-state index in [1.165, 1.54) is 6.20 Å². The highest BCUT2D eigenvalue weighted by atomic mass is 79.9. The second-order valence-electron chi connectivity index (χ2n) is 5.56. The van der Waals surface area contributed by atoms with Crippen LogP contribution >= 0.6 is 15.9 Å². The van der Waals surface area contributed by atoms with Crippen LogP contribution in [-0.4, -0.2) is 17.0 Å². The summed E-state index contributed by atoms with van der Waals surface area (Å²) >= 11 is 3.42. The summed E-state index contributed by atoms with van der Waals surface area (Å²) in [5.41, 5.74) is 2.03. The van der Waals surface area contributed by atoms with Gasteiger partial charge in [-0.3, -0.25) is 10.1 Å². The predicted octanol–water partition coefficient (Wildman–Crippen LogP) is 5.09. The van der Waals surface area contributed by atoms with Gasteiger partial charge in [0.05, 0.1) is 22.0 Å². The maximum absolute atomic E-state index is 11.5. The Kier molecular flexibility index (Phi) is 4.85. The second kappa shape index (κ2) is 7.06. The van der Waals surface area contributed by atoms with Gasteiger partial charge >= 0.3 is 5.69 Å². The van der Waals surface area contributed by atoms with Crippen molar-refractivity contribution >= 4 is 38.2 Å². The Morgan fingerprint density at radius 1 is 1.28 bits per heavy atom. The van der Waals surface area contributed by atoms with Gasteiger partial charge in [-0.15, -0.1) is 0 Å². The summed E-state index contributed by atoms with van der Waals surface area (Å²) < 4.78 is 6.07. The van der Waals surface area contributed by atoms with E-state index in [0.29, 0.717) is 22.3 Å². The summed E-state index contributed by atoms with van der Waals surface area (Å²) in [4.78, 5) is 15.3. The summed E-state index contributed by atoms with van der Waals surface area (Å²) in [5.74, 6) is 0.588. The molecule has 1 atom stereocenters. The molecule has 3 rings (SSSR count). The predicted molar refractivity (Wildman–Crippen MR) is 101 cm³/mol. The van der Waals surface area contributed by atoms with E-state index in [1.807, 2.05) is 37.3 Å². The van der Waals surface area contributed by atoms with E-state index in [9.17, 15) is 10.1 Å². The third kappa shape index (κ3) is 3.41. The number of fused-ring (bicyclic) bond motifs is 1. The first-order valence-electron chi connectivity index (χ1n) is 7.63. The van der Waals surface area contributed by atoms with Gasteiger partial charge in [0.2, 0.25) is 0 Å². The molecule has 0 aliphatic heterocycles. The van der Waals surface area contributed by atoms with Crippen LogP contribution in [0.5, 0.6) is 5.75 Å². The molecule has 0 bridgehead atoms. The number of nitro groups is 1. The Bertz CT molecular complexity index is 932. The number of methoxy groups -OCH3 is 1. The summed E-state index contributed by atoms with van der Waals surface area (Å²) in [6.45, 7) is 1.96. The Hall–Kier alpha value is -2.67. The molecule has 2 aromatic carbocycles. The zero-order valence-electron chi connectivity index (χ0n) is 13.7. The lowest BCUT2D eigenvalue weighted by Gasteiger charge is -2.17. The fourth-order valence-corrected chi connectivity index (χ4v) is 3.16. The highest BCUT2D eigenvalue weighted by Crippen LogP contribution is 2.38. The molecule has 7 heteroatoms. The van der Waals surface area contributed by atoms with Crippen LogP contribution in [0.15, 0.2) is 53.1 Å². The maximum Gasteiger partial charge on any atom is 0.311 e. The van der Waals surface area contributed by atoms with Crippen molar-refractivity contribution < 1.29 is 9.66 Å². The topological polar surface area (TPSA) is 77.3 Å². The van der Waals surface area contributed by atoms with Crippen molar-refractivity contribution in [2.45, 2.75) is 13.0 Å². The number of ether oxygens (including phenoxy) is 1. The lowest BCUT2D eigenvalue weighted by atomic mass is 10.1. The van der Waals surface area contributed by atoms with Crippen LogP contribution in [0.3, 0.4) is 0 Å². The van der Waals surface area contributed by atoms with Gasteiger partial charge in [-0.25, -0.2) is 4.98 Å².